The van der Waals surface area contributed by atoms with Crippen molar-refractivity contribution < 1.29 is 29.3 Å². The normalized spacial score (nSPS) is 38.2. The first-order valence-corrected chi connectivity index (χ1v) is 23.0. The molecule has 58 heavy (non-hydrogen) atoms. The Labute approximate surface area is 357 Å². The maximum Gasteiger partial charge on any atom is 0.309 e. The number of ketones is 1. The summed E-state index contributed by atoms with van der Waals surface area (Å²) in [5, 5.41) is 21.9. The number of carbonyl (C=O) groups excluding carboxylic acids is 2. The Hall–Kier alpha value is -2.51. The van der Waals surface area contributed by atoms with E-state index in [0.717, 1.165) is 80.3 Å². The molecule has 320 valence electrons. The molecule has 0 amide bonds. The van der Waals surface area contributed by atoms with E-state index in [1.54, 1.807) is 13.8 Å². The van der Waals surface area contributed by atoms with E-state index in [4.69, 9.17) is 27.9 Å². The molecule has 0 aromatic carbocycles. The number of carboxylic acid groups (broad SMARTS) is 1. The van der Waals surface area contributed by atoms with Gasteiger partial charge < -0.3 is 19.5 Å². The van der Waals surface area contributed by atoms with Gasteiger partial charge in [-0.1, -0.05) is 85.2 Å². The van der Waals surface area contributed by atoms with Gasteiger partial charge in [-0.15, -0.1) is 11.6 Å². The fourth-order valence-corrected chi connectivity index (χ4v) is 15.4. The van der Waals surface area contributed by atoms with Gasteiger partial charge in [0.15, 0.2) is 11.5 Å². The number of aliphatic carboxylic acids is 1. The van der Waals surface area contributed by atoms with Gasteiger partial charge in [0.25, 0.3) is 0 Å². The van der Waals surface area contributed by atoms with Crippen LogP contribution in [-0.4, -0.2) is 44.0 Å². The molecule has 4 saturated carbocycles. The summed E-state index contributed by atoms with van der Waals surface area (Å²) in [6.07, 6.45) is 15.1. The lowest BCUT2D eigenvalue weighted by atomic mass is 9.30. The Kier molecular flexibility index (Phi) is 10.7. The minimum absolute atomic E-state index is 0.0199. The molecule has 6 aliphatic carbocycles. The van der Waals surface area contributed by atoms with Gasteiger partial charge in [-0.3, -0.25) is 14.4 Å². The van der Waals surface area contributed by atoms with Crippen molar-refractivity contribution in [1.82, 2.24) is 4.57 Å². The second kappa shape index (κ2) is 14.3. The fourth-order valence-electron chi connectivity index (χ4n) is 14.9. The predicted molar refractivity (Wildman–Crippen MR) is 231 cm³/mol. The highest BCUT2D eigenvalue weighted by molar-refractivity contribution is 6.33. The largest absolute Gasteiger partial charge is 0.505 e. The molecule has 7 nitrogen and oxygen atoms in total. The average molecular weight is 839 g/mol. The Balaban J connectivity index is 1.27. The summed E-state index contributed by atoms with van der Waals surface area (Å²) < 4.78 is 8.46. The zero-order valence-electron chi connectivity index (χ0n) is 37.0. The van der Waals surface area contributed by atoms with Gasteiger partial charge in [-0.25, -0.2) is 0 Å². The zero-order valence-corrected chi connectivity index (χ0v) is 38.6. The number of esters is 1. The van der Waals surface area contributed by atoms with Crippen molar-refractivity contribution in [1.29, 1.82) is 0 Å². The molecule has 6 aliphatic rings. The SMILES string of the molecule is CCn1c(CC2=CCC(Cl)C=C2)c(O)c(Cl)c1C12CCC3(C)C(C)(CCC4C5(C)CCC(OC(=O)CC(C)(C)C(=O)O)C(C)(C)C5CCC43C)C1=C(C(C)C)C(=O)C2. The number of rotatable bonds is 9. The molecule has 0 spiro atoms. The van der Waals surface area contributed by atoms with Crippen LogP contribution in [0.4, 0.5) is 0 Å². The van der Waals surface area contributed by atoms with Crippen LogP contribution in [0, 0.1) is 50.2 Å². The third-order valence-corrected chi connectivity index (χ3v) is 18.8. The number of Topliss-reactive ketones (excluding diaryl/α,β-unsaturated/α-hetero) is 1. The van der Waals surface area contributed by atoms with Crippen molar-refractivity contribution in [2.24, 2.45) is 50.2 Å². The highest BCUT2D eigenvalue weighted by Crippen LogP contribution is 2.80. The molecule has 2 N–H and O–H groups in total. The zero-order chi connectivity index (χ0) is 42.8. The topological polar surface area (TPSA) is 106 Å². The quantitative estimate of drug-likeness (QED) is 0.190. The summed E-state index contributed by atoms with van der Waals surface area (Å²) in [6.45, 7) is 25.0. The van der Waals surface area contributed by atoms with Gasteiger partial charge in [-0.05, 0) is 135 Å². The van der Waals surface area contributed by atoms with Gasteiger partial charge in [0.05, 0.1) is 28.6 Å². The Morgan fingerprint density at radius 1 is 1.00 bits per heavy atom. The molecule has 1 aromatic heterocycles. The third kappa shape index (κ3) is 6.02. The van der Waals surface area contributed by atoms with Gasteiger partial charge in [0.1, 0.15) is 11.1 Å². The molecule has 9 unspecified atom stereocenters. The maximum atomic E-state index is 14.7. The number of carboxylic acids is 1. The van der Waals surface area contributed by atoms with E-state index < -0.39 is 22.8 Å². The molecule has 9 atom stereocenters. The first-order chi connectivity index (χ1) is 26.9. The van der Waals surface area contributed by atoms with Crippen molar-refractivity contribution in [2.45, 2.75) is 177 Å². The molecule has 7 rings (SSSR count). The first-order valence-electron chi connectivity index (χ1n) is 22.2. The summed E-state index contributed by atoms with van der Waals surface area (Å²) in [6, 6.07) is 0. The van der Waals surface area contributed by atoms with E-state index in [1.807, 2.05) is 6.08 Å². The second-order valence-electron chi connectivity index (χ2n) is 21.9. The van der Waals surface area contributed by atoms with E-state index in [9.17, 15) is 24.6 Å². The monoisotopic (exact) mass is 837 g/mol. The molecule has 1 heterocycles. The van der Waals surface area contributed by atoms with Gasteiger partial charge >= 0.3 is 11.9 Å². The number of carbonyl (C=O) groups is 3. The lowest BCUT2D eigenvalue weighted by Crippen LogP contribution is -2.68. The molecular formula is C49H69Cl2NO6. The number of hydrogen-bond acceptors (Lipinski definition) is 5. The van der Waals surface area contributed by atoms with Crippen LogP contribution < -0.4 is 0 Å². The predicted octanol–water partition coefficient (Wildman–Crippen LogP) is 11.9. The number of fused-ring (bicyclic) bond motifs is 7. The Morgan fingerprint density at radius 2 is 1.67 bits per heavy atom. The van der Waals surface area contributed by atoms with E-state index in [1.165, 1.54) is 5.57 Å². The van der Waals surface area contributed by atoms with Crippen molar-refractivity contribution in [3.05, 3.63) is 51.4 Å². The number of aromatic nitrogens is 1. The number of nitrogens with zero attached hydrogens (tertiary/aromatic N) is 1. The molecule has 0 aliphatic heterocycles. The van der Waals surface area contributed by atoms with Gasteiger partial charge in [-0.2, -0.15) is 0 Å². The van der Waals surface area contributed by atoms with Gasteiger partial charge in [0.2, 0.25) is 0 Å². The second-order valence-corrected chi connectivity index (χ2v) is 22.8. The van der Waals surface area contributed by atoms with Crippen molar-refractivity contribution in [3.63, 3.8) is 0 Å². The summed E-state index contributed by atoms with van der Waals surface area (Å²) in [4.78, 5) is 39.7. The molecule has 0 saturated heterocycles. The third-order valence-electron chi connectivity index (χ3n) is 18.1. The molecule has 9 heteroatoms. The lowest BCUT2D eigenvalue weighted by molar-refractivity contribution is -0.247. The van der Waals surface area contributed by atoms with Crippen molar-refractivity contribution in [3.8, 4) is 5.75 Å². The molecule has 1 aromatic rings. The Morgan fingerprint density at radius 3 is 2.28 bits per heavy atom. The number of aromatic hydroxyl groups is 1. The van der Waals surface area contributed by atoms with Gasteiger partial charge in [0, 0.05) is 30.2 Å². The summed E-state index contributed by atoms with van der Waals surface area (Å²) in [5.41, 5.74) is 2.66. The Bertz CT molecular complexity index is 2000. The number of allylic oxidation sites excluding steroid dienone is 6. The van der Waals surface area contributed by atoms with Crippen LogP contribution in [0.5, 0.6) is 5.75 Å². The van der Waals surface area contributed by atoms with Crippen LogP contribution in [0.15, 0.2) is 34.9 Å². The summed E-state index contributed by atoms with van der Waals surface area (Å²) in [5.74, 6) is -0.229. The number of ether oxygens (including phenoxy) is 1. The first kappa shape index (κ1) is 43.6. The lowest BCUT2D eigenvalue weighted by Gasteiger charge is -2.75. The van der Waals surface area contributed by atoms with Crippen LogP contribution in [0.25, 0.3) is 0 Å². The summed E-state index contributed by atoms with van der Waals surface area (Å²) in [7, 11) is 0. The standard InChI is InChI=1S/C49H69Cl2NO6/c1-12-52-31(25-29-13-15-30(50)16-14-29)39(55)38(51)41(52)49-24-23-48(11)46(9)21-17-33-44(6,7)35(58-36(54)27-43(4,5)42(56)57)19-20-45(33,8)34(46)18-22-47(48,10)40(49)37(28(2)3)32(53)26-49/h13-15,28,30,33-35,55H,12,16-27H2,1-11H3,(H,56,57). The number of halogens is 2. The van der Waals surface area contributed by atoms with Crippen LogP contribution >= 0.6 is 23.2 Å². The molecule has 0 radical (unpaired) electrons. The van der Waals surface area contributed by atoms with E-state index in [-0.39, 0.29) is 62.4 Å². The molecule has 0 bridgehead atoms. The average Bonchev–Trinajstić information content (AvgIpc) is 3.58. The van der Waals surface area contributed by atoms with Crippen LogP contribution in [0.1, 0.15) is 158 Å². The van der Waals surface area contributed by atoms with Crippen LogP contribution in [0.3, 0.4) is 0 Å². The highest BCUT2D eigenvalue weighted by Gasteiger charge is 2.74. The molecular weight excluding hydrogens is 769 g/mol. The van der Waals surface area contributed by atoms with E-state index in [2.05, 4.69) is 79.0 Å². The highest BCUT2D eigenvalue weighted by atomic mass is 35.5. The van der Waals surface area contributed by atoms with Crippen LogP contribution in [0.2, 0.25) is 5.02 Å². The maximum absolute atomic E-state index is 14.7. The minimum Gasteiger partial charge on any atom is -0.505 e. The van der Waals surface area contributed by atoms with Crippen LogP contribution in [-0.2, 0) is 37.5 Å². The van der Waals surface area contributed by atoms with E-state index in [0.29, 0.717) is 36.2 Å². The van der Waals surface area contributed by atoms with Crippen molar-refractivity contribution >= 4 is 40.9 Å². The van der Waals surface area contributed by atoms with E-state index >= 15 is 0 Å². The fraction of sp³-hybridized carbons (Fsp3) is 0.735. The number of hydrogen-bond donors (Lipinski definition) is 2. The minimum atomic E-state index is -1.18. The smallest absolute Gasteiger partial charge is 0.309 e. The van der Waals surface area contributed by atoms with Crippen molar-refractivity contribution in [2.75, 3.05) is 0 Å². The number of alkyl halides is 1. The molecule has 4 fully saturated rings. The summed E-state index contributed by atoms with van der Waals surface area (Å²) >= 11 is 13.8.